The number of aldehydes is 1. The molecule has 0 radical (unpaired) electrons. The summed E-state index contributed by atoms with van der Waals surface area (Å²) in [7, 11) is 0. The van der Waals surface area contributed by atoms with Crippen molar-refractivity contribution in [1.82, 2.24) is 10.6 Å². The lowest BCUT2D eigenvalue weighted by atomic mass is 10.2. The Balaban J connectivity index is 2.47. The van der Waals surface area contributed by atoms with Gasteiger partial charge >= 0.3 is 0 Å². The number of amides is 2. The molecule has 20 heavy (non-hydrogen) atoms. The number of carbonyl (C=O) groups is 3. The number of carbonyl (C=O) groups excluding carboxylic acids is 3. The Morgan fingerprint density at radius 3 is 2.70 bits per heavy atom. The summed E-state index contributed by atoms with van der Waals surface area (Å²) in [6.07, 6.45) is 0.657. The standard InChI is InChI=1S/C14H18N2O4/c1-3-15-14(19)10(2)16-13(18)9-20-12-7-5-4-6-11(12)8-17/h4-8,10H,3,9H2,1-2H3,(H,15,19)(H,16,18)/t10-/m1/s1. The van der Waals surface area contributed by atoms with E-state index in [0.717, 1.165) is 0 Å². The fourth-order valence-corrected chi connectivity index (χ4v) is 1.53. The maximum Gasteiger partial charge on any atom is 0.258 e. The molecule has 6 heteroatoms. The monoisotopic (exact) mass is 278 g/mol. The molecule has 2 N–H and O–H groups in total. The topological polar surface area (TPSA) is 84.5 Å². The predicted molar refractivity (Wildman–Crippen MR) is 73.6 cm³/mol. The highest BCUT2D eigenvalue weighted by atomic mass is 16.5. The van der Waals surface area contributed by atoms with E-state index in [9.17, 15) is 14.4 Å². The van der Waals surface area contributed by atoms with Crippen LogP contribution in [-0.2, 0) is 9.59 Å². The molecule has 0 saturated carbocycles. The quantitative estimate of drug-likeness (QED) is 0.712. The normalized spacial score (nSPS) is 11.3. The molecule has 0 heterocycles. The van der Waals surface area contributed by atoms with E-state index < -0.39 is 11.9 Å². The van der Waals surface area contributed by atoms with Crippen LogP contribution in [0.15, 0.2) is 24.3 Å². The van der Waals surface area contributed by atoms with Crippen molar-refractivity contribution in [2.24, 2.45) is 0 Å². The highest BCUT2D eigenvalue weighted by molar-refractivity contribution is 5.88. The van der Waals surface area contributed by atoms with Gasteiger partial charge in [0.2, 0.25) is 5.91 Å². The molecule has 0 fully saturated rings. The van der Waals surface area contributed by atoms with Crippen molar-refractivity contribution in [2.45, 2.75) is 19.9 Å². The van der Waals surface area contributed by atoms with E-state index in [2.05, 4.69) is 10.6 Å². The Morgan fingerprint density at radius 1 is 1.35 bits per heavy atom. The van der Waals surface area contributed by atoms with Crippen LogP contribution in [0, 0.1) is 0 Å². The van der Waals surface area contributed by atoms with E-state index in [-0.39, 0.29) is 12.5 Å². The summed E-state index contributed by atoms with van der Waals surface area (Å²) in [6.45, 7) is 3.63. The summed E-state index contributed by atoms with van der Waals surface area (Å²) in [5, 5.41) is 5.11. The van der Waals surface area contributed by atoms with E-state index in [0.29, 0.717) is 24.1 Å². The number of nitrogens with one attached hydrogen (secondary N) is 2. The van der Waals surface area contributed by atoms with Crippen LogP contribution in [0.3, 0.4) is 0 Å². The van der Waals surface area contributed by atoms with Crippen LogP contribution >= 0.6 is 0 Å². The molecule has 1 aromatic carbocycles. The van der Waals surface area contributed by atoms with Crippen molar-refractivity contribution >= 4 is 18.1 Å². The summed E-state index contributed by atoms with van der Waals surface area (Å²) in [4.78, 5) is 33.8. The number of ether oxygens (including phenoxy) is 1. The van der Waals surface area contributed by atoms with Crippen LogP contribution < -0.4 is 15.4 Å². The lowest BCUT2D eigenvalue weighted by molar-refractivity contribution is -0.129. The minimum atomic E-state index is -0.632. The molecule has 0 saturated heterocycles. The first-order valence-electron chi connectivity index (χ1n) is 6.32. The van der Waals surface area contributed by atoms with E-state index in [1.807, 2.05) is 0 Å². The zero-order valence-electron chi connectivity index (χ0n) is 11.5. The molecule has 1 aromatic rings. The first kappa shape index (κ1) is 15.7. The molecule has 0 aromatic heterocycles. The Kier molecular flexibility index (Phi) is 6.22. The first-order valence-corrected chi connectivity index (χ1v) is 6.32. The summed E-state index contributed by atoms with van der Waals surface area (Å²) in [5.74, 6) is -0.345. The molecule has 6 nitrogen and oxygen atoms in total. The first-order chi connectivity index (χ1) is 9.58. The number of hydrogen-bond acceptors (Lipinski definition) is 4. The second-order valence-corrected chi connectivity index (χ2v) is 4.13. The van der Waals surface area contributed by atoms with Crippen molar-refractivity contribution in [3.05, 3.63) is 29.8 Å². The van der Waals surface area contributed by atoms with Gasteiger partial charge in [0.1, 0.15) is 11.8 Å². The van der Waals surface area contributed by atoms with Crippen LogP contribution in [0.5, 0.6) is 5.75 Å². The lowest BCUT2D eigenvalue weighted by Crippen LogP contribution is -2.46. The molecule has 0 bridgehead atoms. The van der Waals surface area contributed by atoms with Gasteiger partial charge in [-0.3, -0.25) is 14.4 Å². The zero-order chi connectivity index (χ0) is 15.0. The van der Waals surface area contributed by atoms with Crippen LogP contribution in [0.2, 0.25) is 0 Å². The van der Waals surface area contributed by atoms with Crippen molar-refractivity contribution in [1.29, 1.82) is 0 Å². The lowest BCUT2D eigenvalue weighted by Gasteiger charge is -2.14. The molecule has 1 rings (SSSR count). The molecule has 0 unspecified atom stereocenters. The third kappa shape index (κ3) is 4.72. The van der Waals surface area contributed by atoms with Gasteiger partial charge in [-0.05, 0) is 26.0 Å². The highest BCUT2D eigenvalue weighted by Gasteiger charge is 2.15. The molecule has 0 aliphatic heterocycles. The van der Waals surface area contributed by atoms with Crippen molar-refractivity contribution < 1.29 is 19.1 Å². The summed E-state index contributed by atoms with van der Waals surface area (Å²) in [5.41, 5.74) is 0.372. The summed E-state index contributed by atoms with van der Waals surface area (Å²) >= 11 is 0. The minimum Gasteiger partial charge on any atom is -0.483 e. The molecule has 1 atom stereocenters. The van der Waals surface area contributed by atoms with Gasteiger partial charge in [-0.1, -0.05) is 12.1 Å². The van der Waals surface area contributed by atoms with Gasteiger partial charge in [-0.25, -0.2) is 0 Å². The number of rotatable bonds is 7. The molecule has 2 amide bonds. The smallest absolute Gasteiger partial charge is 0.258 e. The molecule has 0 aliphatic carbocycles. The Hall–Kier alpha value is -2.37. The average molecular weight is 278 g/mol. The van der Waals surface area contributed by atoms with Crippen LogP contribution in [0.25, 0.3) is 0 Å². The third-order valence-electron chi connectivity index (χ3n) is 2.53. The maximum atomic E-state index is 11.6. The Morgan fingerprint density at radius 2 is 2.05 bits per heavy atom. The largest absolute Gasteiger partial charge is 0.483 e. The van der Waals surface area contributed by atoms with Gasteiger partial charge in [0, 0.05) is 6.54 Å². The molecule has 0 spiro atoms. The van der Waals surface area contributed by atoms with Crippen molar-refractivity contribution in [3.63, 3.8) is 0 Å². The van der Waals surface area contributed by atoms with Gasteiger partial charge in [-0.2, -0.15) is 0 Å². The third-order valence-corrected chi connectivity index (χ3v) is 2.53. The fraction of sp³-hybridized carbons (Fsp3) is 0.357. The molecule has 0 aliphatic rings. The van der Waals surface area contributed by atoms with Crippen LogP contribution in [-0.4, -0.2) is 37.3 Å². The molecular weight excluding hydrogens is 260 g/mol. The maximum absolute atomic E-state index is 11.6. The van der Waals surface area contributed by atoms with Gasteiger partial charge < -0.3 is 15.4 Å². The van der Waals surface area contributed by atoms with E-state index >= 15 is 0 Å². The summed E-state index contributed by atoms with van der Waals surface area (Å²) < 4.78 is 5.26. The predicted octanol–water partition coefficient (Wildman–Crippen LogP) is 0.519. The van der Waals surface area contributed by atoms with Crippen molar-refractivity contribution in [2.75, 3.05) is 13.2 Å². The van der Waals surface area contributed by atoms with Crippen LogP contribution in [0.4, 0.5) is 0 Å². The van der Waals surface area contributed by atoms with E-state index in [1.54, 1.807) is 38.1 Å². The van der Waals surface area contributed by atoms with Gasteiger partial charge in [-0.15, -0.1) is 0 Å². The summed E-state index contributed by atoms with van der Waals surface area (Å²) in [6, 6.07) is 5.97. The second kappa shape index (κ2) is 7.93. The van der Waals surface area contributed by atoms with Gasteiger partial charge in [0.05, 0.1) is 5.56 Å². The van der Waals surface area contributed by atoms with Crippen molar-refractivity contribution in [3.8, 4) is 5.75 Å². The minimum absolute atomic E-state index is 0.255. The second-order valence-electron chi connectivity index (χ2n) is 4.13. The number of likely N-dealkylation sites (N-methyl/N-ethyl adjacent to an activating group) is 1. The SMILES string of the molecule is CCNC(=O)[C@@H](C)NC(=O)COc1ccccc1C=O. The highest BCUT2D eigenvalue weighted by Crippen LogP contribution is 2.15. The zero-order valence-corrected chi connectivity index (χ0v) is 11.5. The molecular formula is C14H18N2O4. The number of para-hydroxylation sites is 1. The van der Waals surface area contributed by atoms with Crippen LogP contribution in [0.1, 0.15) is 24.2 Å². The average Bonchev–Trinajstić information content (AvgIpc) is 2.45. The fourth-order valence-electron chi connectivity index (χ4n) is 1.53. The number of hydrogen-bond donors (Lipinski definition) is 2. The number of benzene rings is 1. The van der Waals surface area contributed by atoms with Gasteiger partial charge in [0.15, 0.2) is 12.9 Å². The van der Waals surface area contributed by atoms with Gasteiger partial charge in [0.25, 0.3) is 5.91 Å². The Bertz CT molecular complexity index is 488. The molecule has 108 valence electrons. The van der Waals surface area contributed by atoms with E-state index in [1.165, 1.54) is 0 Å². The Labute approximate surface area is 117 Å². The van der Waals surface area contributed by atoms with E-state index in [4.69, 9.17) is 4.74 Å².